The fourth-order valence-electron chi connectivity index (χ4n) is 0.698. The van der Waals surface area contributed by atoms with Crippen LogP contribution in [-0.4, -0.2) is 22.2 Å². The third kappa shape index (κ3) is 31.8. The van der Waals surface area contributed by atoms with E-state index in [0.717, 1.165) is 0 Å². The first-order chi connectivity index (χ1) is 6.25. The molecule has 15 heavy (non-hydrogen) atoms. The van der Waals surface area contributed by atoms with Crippen molar-refractivity contribution in [2.75, 3.05) is 0 Å². The summed E-state index contributed by atoms with van der Waals surface area (Å²) < 4.78 is 0. The van der Waals surface area contributed by atoms with Gasteiger partial charge < -0.3 is 10.2 Å². The molecule has 0 heterocycles. The summed E-state index contributed by atoms with van der Waals surface area (Å²) in [6, 6.07) is 0. The summed E-state index contributed by atoms with van der Waals surface area (Å²) in [6.45, 7) is 7.53. The van der Waals surface area contributed by atoms with Gasteiger partial charge in [0.2, 0.25) is 0 Å². The van der Waals surface area contributed by atoms with Crippen LogP contribution >= 0.6 is 0 Å². The molecule has 0 atom stereocenters. The van der Waals surface area contributed by atoms with Gasteiger partial charge in [-0.05, 0) is 11.8 Å². The van der Waals surface area contributed by atoms with Crippen LogP contribution < -0.4 is 0 Å². The predicted octanol–water partition coefficient (Wildman–Crippen LogP) is 2.23. The van der Waals surface area contributed by atoms with E-state index in [9.17, 15) is 9.59 Å². The summed E-state index contributed by atoms with van der Waals surface area (Å²) in [4.78, 5) is 19.6. The van der Waals surface area contributed by atoms with Crippen molar-refractivity contribution in [3.63, 3.8) is 0 Å². The minimum atomic E-state index is -0.713. The van der Waals surface area contributed by atoms with Crippen molar-refractivity contribution in [1.82, 2.24) is 0 Å². The van der Waals surface area contributed by atoms with E-state index in [1.807, 2.05) is 27.7 Å². The molecule has 0 aliphatic heterocycles. The Morgan fingerprint density at radius 1 is 0.867 bits per heavy atom. The molecular formula is C10H20MnO4. The largest absolute Gasteiger partial charge is 0.481 e. The van der Waals surface area contributed by atoms with E-state index >= 15 is 0 Å². The Morgan fingerprint density at radius 2 is 1.07 bits per heavy atom. The molecule has 4 nitrogen and oxygen atoms in total. The van der Waals surface area contributed by atoms with Gasteiger partial charge in [0, 0.05) is 29.9 Å². The summed E-state index contributed by atoms with van der Waals surface area (Å²) in [5, 5.41) is 16.2. The molecule has 0 saturated heterocycles. The van der Waals surface area contributed by atoms with E-state index in [0.29, 0.717) is 0 Å². The molecule has 0 aromatic rings. The second-order valence-electron chi connectivity index (χ2n) is 3.98. The molecule has 0 bridgehead atoms. The van der Waals surface area contributed by atoms with Crippen LogP contribution in [0.4, 0.5) is 0 Å². The summed E-state index contributed by atoms with van der Waals surface area (Å²) in [5.41, 5.74) is 0. The quantitative estimate of drug-likeness (QED) is 0.759. The van der Waals surface area contributed by atoms with Crippen molar-refractivity contribution in [1.29, 1.82) is 0 Å². The summed E-state index contributed by atoms with van der Waals surface area (Å²) in [7, 11) is 0. The first kappa shape index (κ1) is 19.9. The maximum atomic E-state index is 9.81. The van der Waals surface area contributed by atoms with Gasteiger partial charge in [0.1, 0.15) is 0 Å². The average molecular weight is 259 g/mol. The molecule has 0 amide bonds. The second kappa shape index (κ2) is 11.5. The Labute approximate surface area is 102 Å². The standard InChI is InChI=1S/2C5H10O2.Mn/c2*1-4(2)3-5(6)7;/h2*4H,3H2,1-2H3,(H,6,7);. The molecule has 2 N–H and O–H groups in total. The van der Waals surface area contributed by atoms with Crippen LogP contribution in [0.2, 0.25) is 0 Å². The number of carbonyl (C=O) groups is 2. The van der Waals surface area contributed by atoms with Gasteiger partial charge in [-0.1, -0.05) is 27.7 Å². The molecule has 0 saturated carbocycles. The van der Waals surface area contributed by atoms with Gasteiger partial charge in [-0.15, -0.1) is 0 Å². The monoisotopic (exact) mass is 259 g/mol. The van der Waals surface area contributed by atoms with Gasteiger partial charge in [-0.25, -0.2) is 0 Å². The maximum Gasteiger partial charge on any atom is 0.303 e. The topological polar surface area (TPSA) is 74.6 Å². The van der Waals surface area contributed by atoms with Crippen LogP contribution in [-0.2, 0) is 26.7 Å². The zero-order valence-electron chi connectivity index (χ0n) is 9.66. The first-order valence-electron chi connectivity index (χ1n) is 4.69. The minimum Gasteiger partial charge on any atom is -0.481 e. The number of carboxylic acids is 2. The van der Waals surface area contributed by atoms with Gasteiger partial charge in [0.05, 0.1) is 0 Å². The zero-order valence-corrected chi connectivity index (χ0v) is 10.8. The van der Waals surface area contributed by atoms with Crippen LogP contribution in [0.15, 0.2) is 0 Å². The molecular weight excluding hydrogens is 239 g/mol. The second-order valence-corrected chi connectivity index (χ2v) is 3.98. The fourth-order valence-corrected chi connectivity index (χ4v) is 0.698. The first-order valence-corrected chi connectivity index (χ1v) is 4.69. The van der Waals surface area contributed by atoms with Crippen molar-refractivity contribution >= 4 is 11.9 Å². The Bertz CT molecular complexity index is 158. The molecule has 0 aliphatic rings. The molecule has 0 rings (SSSR count). The van der Waals surface area contributed by atoms with Crippen LogP contribution in [0.3, 0.4) is 0 Å². The van der Waals surface area contributed by atoms with E-state index in [4.69, 9.17) is 10.2 Å². The molecule has 5 heteroatoms. The Morgan fingerprint density at radius 3 is 1.07 bits per heavy atom. The van der Waals surface area contributed by atoms with Crippen LogP contribution in [0.25, 0.3) is 0 Å². The van der Waals surface area contributed by atoms with Crippen molar-refractivity contribution in [3.8, 4) is 0 Å². The van der Waals surface area contributed by atoms with Crippen LogP contribution in [0.5, 0.6) is 0 Å². The fraction of sp³-hybridized carbons (Fsp3) is 0.800. The number of aliphatic carboxylic acids is 2. The van der Waals surface area contributed by atoms with Crippen molar-refractivity contribution in [3.05, 3.63) is 0 Å². The molecule has 0 aromatic carbocycles. The minimum absolute atomic E-state index is 0. The molecule has 91 valence electrons. The van der Waals surface area contributed by atoms with E-state index in [-0.39, 0.29) is 41.7 Å². The van der Waals surface area contributed by atoms with Crippen molar-refractivity contribution < 1.29 is 36.9 Å². The summed E-state index contributed by atoms with van der Waals surface area (Å²) in [5.74, 6) is -0.875. The van der Waals surface area contributed by atoms with Gasteiger partial charge in [-0.2, -0.15) is 0 Å². The Balaban J connectivity index is -0.000000180. The van der Waals surface area contributed by atoms with Gasteiger partial charge in [0.25, 0.3) is 0 Å². The van der Waals surface area contributed by atoms with Crippen LogP contribution in [0.1, 0.15) is 40.5 Å². The third-order valence-electron chi connectivity index (χ3n) is 1.17. The molecule has 0 spiro atoms. The van der Waals surface area contributed by atoms with Gasteiger partial charge in [-0.3, -0.25) is 9.59 Å². The zero-order chi connectivity index (χ0) is 11.7. The van der Waals surface area contributed by atoms with E-state index in [1.54, 1.807) is 0 Å². The smallest absolute Gasteiger partial charge is 0.303 e. The molecule has 0 aliphatic carbocycles. The molecule has 0 fully saturated rings. The van der Waals surface area contributed by atoms with Crippen molar-refractivity contribution in [2.24, 2.45) is 11.8 Å². The summed E-state index contributed by atoms with van der Waals surface area (Å²) >= 11 is 0. The maximum absolute atomic E-state index is 9.81. The number of carboxylic acid groups (broad SMARTS) is 2. The SMILES string of the molecule is CC(C)CC(=O)O.CC(C)CC(=O)O.[Mn]. The Kier molecular flexibility index (Phi) is 15.3. The number of hydrogen-bond acceptors (Lipinski definition) is 2. The third-order valence-corrected chi connectivity index (χ3v) is 1.17. The van der Waals surface area contributed by atoms with Crippen LogP contribution in [0, 0.1) is 11.8 Å². The van der Waals surface area contributed by atoms with Crippen molar-refractivity contribution in [2.45, 2.75) is 40.5 Å². The average Bonchev–Trinajstić information content (AvgIpc) is 1.79. The Hall–Kier alpha value is -0.541. The van der Waals surface area contributed by atoms with E-state index in [2.05, 4.69) is 0 Å². The predicted molar refractivity (Wildman–Crippen MR) is 54.2 cm³/mol. The molecule has 0 aromatic heterocycles. The number of rotatable bonds is 4. The normalized spacial score (nSPS) is 8.93. The van der Waals surface area contributed by atoms with E-state index in [1.165, 1.54) is 0 Å². The number of hydrogen-bond donors (Lipinski definition) is 2. The summed E-state index contributed by atoms with van der Waals surface area (Å²) in [6.07, 6.45) is 0.556. The van der Waals surface area contributed by atoms with E-state index < -0.39 is 11.9 Å². The van der Waals surface area contributed by atoms with Gasteiger partial charge >= 0.3 is 11.9 Å². The van der Waals surface area contributed by atoms with Gasteiger partial charge in [0.15, 0.2) is 0 Å². The molecule has 1 radical (unpaired) electrons. The molecule has 0 unspecified atom stereocenters.